The summed E-state index contributed by atoms with van der Waals surface area (Å²) < 4.78 is 27.5. The molecular formula is C21H24N4O3S2. The first-order chi connectivity index (χ1) is 14.5. The van der Waals surface area contributed by atoms with Gasteiger partial charge in [-0.2, -0.15) is 0 Å². The molecule has 2 aliphatic rings. The lowest BCUT2D eigenvalue weighted by molar-refractivity contribution is -0.118. The molecular weight excluding hydrogens is 420 g/mol. The second kappa shape index (κ2) is 7.41. The van der Waals surface area contributed by atoms with Crippen LogP contribution in [0.1, 0.15) is 14.8 Å². The number of nitrogens with one attached hydrogen (secondary N) is 1. The predicted octanol–water partition coefficient (Wildman–Crippen LogP) is 3.60. The first-order valence-corrected chi connectivity index (χ1v) is 12.1. The Bertz CT molecular complexity index is 1190. The van der Waals surface area contributed by atoms with E-state index in [1.54, 1.807) is 28.6 Å². The van der Waals surface area contributed by atoms with E-state index < -0.39 is 10.0 Å². The van der Waals surface area contributed by atoms with Crippen molar-refractivity contribution < 1.29 is 16.1 Å². The zero-order valence-electron chi connectivity index (χ0n) is 16.1. The van der Waals surface area contributed by atoms with Gasteiger partial charge in [0, 0.05) is 38.9 Å². The van der Waals surface area contributed by atoms with E-state index in [4.69, 9.17) is 0 Å². The Hall–Kier alpha value is -2.91. The molecule has 0 bridgehead atoms. The largest absolute Gasteiger partial charge is 0.359 e. The number of rotatable bonds is 5. The molecule has 5 rings (SSSR count). The maximum Gasteiger partial charge on any atom is 0.263 e. The quantitative estimate of drug-likeness (QED) is 0.650. The van der Waals surface area contributed by atoms with Gasteiger partial charge in [0.15, 0.2) is 5.13 Å². The molecule has 0 radical (unpaired) electrons. The standard InChI is InChI=1S/C21H20N4O3S2.2H2/c26-20-19(25-12-9-15-3-1-2-4-18(15)25)10-13-24(20)16-5-7-17(8-6-16)30(27,28)23-21-22-11-14-29-21;;/h1-8,11,14,19H,9-10,12-13H2,(H,22,23);2*1H/t19-;;/m0../s1. The number of carbonyl (C=O) groups is 1. The highest BCUT2D eigenvalue weighted by Gasteiger charge is 2.39. The van der Waals surface area contributed by atoms with E-state index in [1.165, 1.54) is 29.0 Å². The Kier molecular flexibility index (Phi) is 4.71. The maximum absolute atomic E-state index is 13.1. The molecule has 1 aromatic heterocycles. The summed E-state index contributed by atoms with van der Waals surface area (Å²) in [5.41, 5.74) is 3.14. The lowest BCUT2D eigenvalue weighted by Gasteiger charge is -2.26. The smallest absolute Gasteiger partial charge is 0.263 e. The summed E-state index contributed by atoms with van der Waals surface area (Å²) in [6.45, 7) is 1.47. The molecule has 1 amide bonds. The van der Waals surface area contributed by atoms with Crippen LogP contribution in [0, 0.1) is 0 Å². The number of fused-ring (bicyclic) bond motifs is 1. The van der Waals surface area contributed by atoms with Gasteiger partial charge in [0.25, 0.3) is 10.0 Å². The SMILES string of the molecule is O=C1[C@@H](N2CCc3ccccc32)CCN1c1ccc(S(=O)(=O)Nc2nccs2)cc1.[HH].[HH]. The Balaban J connectivity index is 0.00000144. The number of carbonyl (C=O) groups excluding carboxylic acids is 1. The monoisotopic (exact) mass is 444 g/mol. The van der Waals surface area contributed by atoms with Crippen LogP contribution in [0.4, 0.5) is 16.5 Å². The number of anilines is 3. The van der Waals surface area contributed by atoms with Gasteiger partial charge < -0.3 is 9.80 Å². The molecule has 30 heavy (non-hydrogen) atoms. The van der Waals surface area contributed by atoms with Gasteiger partial charge in [0.2, 0.25) is 5.91 Å². The van der Waals surface area contributed by atoms with E-state index in [0.717, 1.165) is 25.1 Å². The fraction of sp³-hybridized carbons (Fsp3) is 0.238. The first-order valence-electron chi connectivity index (χ1n) is 9.71. The van der Waals surface area contributed by atoms with E-state index in [0.29, 0.717) is 17.4 Å². The molecule has 0 saturated carbocycles. The van der Waals surface area contributed by atoms with Gasteiger partial charge in [-0.3, -0.25) is 9.52 Å². The van der Waals surface area contributed by atoms with E-state index >= 15 is 0 Å². The summed E-state index contributed by atoms with van der Waals surface area (Å²) in [5.74, 6) is 0.0585. The van der Waals surface area contributed by atoms with Gasteiger partial charge >= 0.3 is 0 Å². The van der Waals surface area contributed by atoms with Crippen molar-refractivity contribution in [1.82, 2.24) is 4.98 Å². The molecule has 1 N–H and O–H groups in total. The average Bonchev–Trinajstić information content (AvgIpc) is 3.48. The number of thiazole rings is 1. The van der Waals surface area contributed by atoms with Gasteiger partial charge in [-0.25, -0.2) is 13.4 Å². The lowest BCUT2D eigenvalue weighted by Crippen LogP contribution is -2.41. The second-order valence-electron chi connectivity index (χ2n) is 7.30. The summed E-state index contributed by atoms with van der Waals surface area (Å²) in [4.78, 5) is 21.2. The Morgan fingerprint density at radius 3 is 2.67 bits per heavy atom. The molecule has 9 heteroatoms. The maximum atomic E-state index is 13.1. The van der Waals surface area contributed by atoms with E-state index in [2.05, 4.69) is 26.7 Å². The minimum Gasteiger partial charge on any atom is -0.359 e. The number of hydrogen-bond acceptors (Lipinski definition) is 6. The van der Waals surface area contributed by atoms with Crippen molar-refractivity contribution in [3.8, 4) is 0 Å². The second-order valence-corrected chi connectivity index (χ2v) is 9.88. The van der Waals surface area contributed by atoms with Crippen LogP contribution in [-0.4, -0.2) is 38.4 Å². The summed E-state index contributed by atoms with van der Waals surface area (Å²) in [6, 6.07) is 14.5. The molecule has 0 spiro atoms. The first kappa shape index (κ1) is 19.1. The van der Waals surface area contributed by atoms with Crippen molar-refractivity contribution >= 4 is 43.8 Å². The third-order valence-electron chi connectivity index (χ3n) is 5.59. The third-order valence-corrected chi connectivity index (χ3v) is 7.76. The van der Waals surface area contributed by atoms with E-state index in [-0.39, 0.29) is 19.7 Å². The third kappa shape index (κ3) is 3.33. The van der Waals surface area contributed by atoms with Gasteiger partial charge in [-0.1, -0.05) is 18.2 Å². The Morgan fingerprint density at radius 2 is 1.90 bits per heavy atom. The van der Waals surface area contributed by atoms with Crippen molar-refractivity contribution in [1.29, 1.82) is 0 Å². The number of nitrogens with zero attached hydrogens (tertiary/aromatic N) is 3. The van der Waals surface area contributed by atoms with Crippen LogP contribution in [0.15, 0.2) is 65.0 Å². The van der Waals surface area contributed by atoms with Gasteiger partial charge in [-0.15, -0.1) is 11.3 Å². The van der Waals surface area contributed by atoms with Gasteiger partial charge in [0.05, 0.1) is 4.90 Å². The highest BCUT2D eigenvalue weighted by molar-refractivity contribution is 7.93. The van der Waals surface area contributed by atoms with Crippen LogP contribution in [0.3, 0.4) is 0 Å². The van der Waals surface area contributed by atoms with Crippen LogP contribution in [0.2, 0.25) is 0 Å². The Labute approximate surface area is 182 Å². The van der Waals surface area contributed by atoms with Crippen LogP contribution >= 0.6 is 11.3 Å². The van der Waals surface area contributed by atoms with Crippen LogP contribution in [0.25, 0.3) is 0 Å². The van der Waals surface area contributed by atoms with Gasteiger partial charge in [0.1, 0.15) is 6.04 Å². The number of para-hydroxylation sites is 1. The van der Waals surface area contributed by atoms with E-state index in [9.17, 15) is 13.2 Å². The molecule has 0 aliphatic carbocycles. The molecule has 1 fully saturated rings. The van der Waals surface area contributed by atoms with Crippen molar-refractivity contribution in [2.24, 2.45) is 0 Å². The molecule has 1 atom stereocenters. The van der Waals surface area contributed by atoms with Gasteiger partial charge in [-0.05, 0) is 48.7 Å². The molecule has 3 heterocycles. The van der Waals surface area contributed by atoms with Crippen molar-refractivity contribution in [3.05, 3.63) is 65.7 Å². The zero-order chi connectivity index (χ0) is 20.7. The summed E-state index contributed by atoms with van der Waals surface area (Å²) in [6.07, 6.45) is 3.25. The summed E-state index contributed by atoms with van der Waals surface area (Å²) in [7, 11) is -3.71. The molecule has 1 saturated heterocycles. The predicted molar refractivity (Wildman–Crippen MR) is 122 cm³/mol. The summed E-state index contributed by atoms with van der Waals surface area (Å²) >= 11 is 1.22. The molecule has 7 nitrogen and oxygen atoms in total. The van der Waals surface area contributed by atoms with E-state index in [1.807, 2.05) is 12.1 Å². The molecule has 3 aromatic rings. The normalized spacial score (nSPS) is 18.7. The molecule has 0 unspecified atom stereocenters. The number of hydrogen-bond donors (Lipinski definition) is 1. The zero-order valence-corrected chi connectivity index (χ0v) is 17.7. The number of sulfonamides is 1. The van der Waals surface area contributed by atoms with Crippen LogP contribution in [0.5, 0.6) is 0 Å². The fourth-order valence-corrected chi connectivity index (χ4v) is 5.94. The lowest BCUT2D eigenvalue weighted by atomic mass is 10.1. The number of aromatic nitrogens is 1. The molecule has 2 aromatic carbocycles. The molecule has 158 valence electrons. The number of amides is 1. The topological polar surface area (TPSA) is 82.6 Å². The average molecular weight is 445 g/mol. The minimum absolute atomic E-state index is 0. The van der Waals surface area contributed by atoms with Crippen molar-refractivity contribution in [3.63, 3.8) is 0 Å². The summed E-state index contributed by atoms with van der Waals surface area (Å²) in [5, 5.41) is 2.03. The fourth-order valence-electron chi connectivity index (χ4n) is 4.15. The van der Waals surface area contributed by atoms with Crippen molar-refractivity contribution in [2.45, 2.75) is 23.8 Å². The highest BCUT2D eigenvalue weighted by atomic mass is 32.2. The van der Waals surface area contributed by atoms with Crippen LogP contribution in [-0.2, 0) is 21.2 Å². The van der Waals surface area contributed by atoms with Crippen LogP contribution < -0.4 is 14.5 Å². The van der Waals surface area contributed by atoms with Crippen molar-refractivity contribution in [2.75, 3.05) is 27.6 Å². The highest BCUT2D eigenvalue weighted by Crippen LogP contribution is 2.34. The molecule has 2 aliphatic heterocycles. The minimum atomic E-state index is -3.71. The Morgan fingerprint density at radius 1 is 1.10 bits per heavy atom. The number of benzene rings is 2.